The molecule has 28 heavy (non-hydrogen) atoms. The second-order valence-electron chi connectivity index (χ2n) is 6.75. The number of H-pyrrole nitrogens is 1. The molecule has 6 heteroatoms. The number of anilines is 2. The lowest BCUT2D eigenvalue weighted by Gasteiger charge is -2.27. The monoisotopic (exact) mass is 378 g/mol. The van der Waals surface area contributed by atoms with Gasteiger partial charge in [-0.1, -0.05) is 12.1 Å². The van der Waals surface area contributed by atoms with Crippen molar-refractivity contribution in [3.63, 3.8) is 0 Å². The molecule has 0 aliphatic rings. The van der Waals surface area contributed by atoms with Crippen LogP contribution in [0.25, 0.3) is 11.3 Å². The van der Waals surface area contributed by atoms with Crippen molar-refractivity contribution < 1.29 is 9.53 Å². The smallest absolute Gasteiger partial charge is 0.256 e. The summed E-state index contributed by atoms with van der Waals surface area (Å²) < 4.78 is 5.38. The van der Waals surface area contributed by atoms with Gasteiger partial charge in [0.1, 0.15) is 5.75 Å². The molecule has 0 radical (unpaired) electrons. The Kier molecular flexibility index (Phi) is 5.99. The number of methoxy groups -OCH3 is 1. The van der Waals surface area contributed by atoms with E-state index in [9.17, 15) is 4.79 Å². The Balaban J connectivity index is 1.73. The van der Waals surface area contributed by atoms with Crippen LogP contribution in [-0.2, 0) is 0 Å². The number of carbonyl (C=O) groups is 1. The van der Waals surface area contributed by atoms with E-state index in [-0.39, 0.29) is 5.91 Å². The van der Waals surface area contributed by atoms with E-state index in [1.807, 2.05) is 48.5 Å². The van der Waals surface area contributed by atoms with Crippen LogP contribution < -0.4 is 15.0 Å². The van der Waals surface area contributed by atoms with Gasteiger partial charge in [-0.2, -0.15) is 5.10 Å². The molecule has 0 fully saturated rings. The highest BCUT2D eigenvalue weighted by Crippen LogP contribution is 2.29. The fourth-order valence-corrected chi connectivity index (χ4v) is 3.23. The van der Waals surface area contributed by atoms with E-state index in [4.69, 9.17) is 4.74 Å². The van der Waals surface area contributed by atoms with Crippen LogP contribution in [0.5, 0.6) is 5.75 Å². The molecule has 1 aromatic heterocycles. The van der Waals surface area contributed by atoms with Gasteiger partial charge in [-0.15, -0.1) is 0 Å². The van der Waals surface area contributed by atoms with E-state index < -0.39 is 0 Å². The Hall–Kier alpha value is -3.28. The van der Waals surface area contributed by atoms with Gasteiger partial charge in [-0.25, -0.2) is 0 Å². The molecule has 3 aromatic rings. The molecule has 2 aromatic carbocycles. The number of ether oxygens (including phenoxy) is 1. The maximum atomic E-state index is 12.6. The molecule has 0 bridgehead atoms. The Labute approximate surface area is 165 Å². The van der Waals surface area contributed by atoms with Crippen LogP contribution in [0.2, 0.25) is 0 Å². The molecule has 0 saturated heterocycles. The minimum absolute atomic E-state index is 0.197. The summed E-state index contributed by atoms with van der Waals surface area (Å²) in [5.41, 5.74) is 3.35. The zero-order valence-electron chi connectivity index (χ0n) is 16.7. The molecule has 1 heterocycles. The Morgan fingerprint density at radius 1 is 1.18 bits per heavy atom. The highest BCUT2D eigenvalue weighted by atomic mass is 16.5. The second-order valence-corrected chi connectivity index (χ2v) is 6.75. The van der Waals surface area contributed by atoms with Gasteiger partial charge in [0.05, 0.1) is 12.8 Å². The van der Waals surface area contributed by atoms with Gasteiger partial charge in [0.25, 0.3) is 5.91 Å². The number of rotatable bonds is 7. The normalized spacial score (nSPS) is 10.8. The number of benzene rings is 2. The number of para-hydroxylation sites is 1. The summed E-state index contributed by atoms with van der Waals surface area (Å²) in [5, 5.41) is 9.98. The summed E-state index contributed by atoms with van der Waals surface area (Å²) in [5.74, 6) is 1.01. The first-order valence-corrected chi connectivity index (χ1v) is 9.40. The molecule has 0 unspecified atom stereocenters. The largest absolute Gasteiger partial charge is 0.496 e. The molecule has 0 aliphatic carbocycles. The average molecular weight is 378 g/mol. The molecule has 146 valence electrons. The first-order valence-electron chi connectivity index (χ1n) is 9.40. The van der Waals surface area contributed by atoms with Gasteiger partial charge in [-0.05, 0) is 57.2 Å². The zero-order chi connectivity index (χ0) is 20.1. The highest BCUT2D eigenvalue weighted by molar-refractivity contribution is 6.04. The van der Waals surface area contributed by atoms with Crippen LogP contribution in [0.1, 0.15) is 31.1 Å². The van der Waals surface area contributed by atoms with Crippen molar-refractivity contribution in [1.29, 1.82) is 0 Å². The zero-order valence-corrected chi connectivity index (χ0v) is 16.7. The number of nitrogens with one attached hydrogen (secondary N) is 2. The number of nitrogens with zero attached hydrogens (tertiary/aromatic N) is 2. The maximum absolute atomic E-state index is 12.6. The Morgan fingerprint density at radius 3 is 2.54 bits per heavy atom. The van der Waals surface area contributed by atoms with Crippen LogP contribution in [-0.4, -0.2) is 35.8 Å². The third-order valence-corrected chi connectivity index (χ3v) is 4.64. The molecular formula is C22H26N4O2. The maximum Gasteiger partial charge on any atom is 0.256 e. The summed E-state index contributed by atoms with van der Waals surface area (Å²) in [4.78, 5) is 14.8. The van der Waals surface area contributed by atoms with Crippen LogP contribution in [0.15, 0.2) is 54.6 Å². The SMILES string of the molecule is CCN(c1ccc(C(=O)Nc2cc(-c3ccccc3OC)[nH]n2)cc1)C(C)C. The van der Waals surface area contributed by atoms with Gasteiger partial charge in [-0.3, -0.25) is 9.89 Å². The number of amides is 1. The van der Waals surface area contributed by atoms with Gasteiger partial charge in [0, 0.05) is 35.5 Å². The van der Waals surface area contributed by atoms with E-state index in [2.05, 4.69) is 41.2 Å². The number of hydrogen-bond acceptors (Lipinski definition) is 4. The second kappa shape index (κ2) is 8.61. The highest BCUT2D eigenvalue weighted by Gasteiger charge is 2.13. The lowest BCUT2D eigenvalue weighted by atomic mass is 10.1. The summed E-state index contributed by atoms with van der Waals surface area (Å²) in [6.07, 6.45) is 0. The minimum atomic E-state index is -0.197. The van der Waals surface area contributed by atoms with Crippen molar-refractivity contribution in [2.45, 2.75) is 26.8 Å². The van der Waals surface area contributed by atoms with Crippen LogP contribution >= 0.6 is 0 Å². The third kappa shape index (κ3) is 4.17. The van der Waals surface area contributed by atoms with Crippen molar-refractivity contribution in [1.82, 2.24) is 10.2 Å². The van der Waals surface area contributed by atoms with Crippen LogP contribution in [0.3, 0.4) is 0 Å². The lowest BCUT2D eigenvalue weighted by Crippen LogP contribution is -2.30. The van der Waals surface area contributed by atoms with E-state index in [1.165, 1.54) is 0 Å². The number of aromatic amines is 1. The van der Waals surface area contributed by atoms with Crippen LogP contribution in [0, 0.1) is 0 Å². The number of hydrogen-bond donors (Lipinski definition) is 2. The van der Waals surface area contributed by atoms with Crippen molar-refractivity contribution in [3.8, 4) is 17.0 Å². The molecule has 3 rings (SSSR count). The lowest BCUT2D eigenvalue weighted by molar-refractivity contribution is 0.102. The minimum Gasteiger partial charge on any atom is -0.496 e. The molecular weight excluding hydrogens is 352 g/mol. The van der Waals surface area contributed by atoms with E-state index in [0.717, 1.165) is 29.2 Å². The summed E-state index contributed by atoms with van der Waals surface area (Å²) in [6, 6.07) is 17.5. The van der Waals surface area contributed by atoms with Crippen molar-refractivity contribution in [2.24, 2.45) is 0 Å². The standard InChI is InChI=1S/C22H26N4O2/c1-5-26(15(2)3)17-12-10-16(11-13-17)22(27)23-21-14-19(24-25-21)18-8-6-7-9-20(18)28-4/h6-15H,5H2,1-4H3,(H2,23,24,25,27). The Morgan fingerprint density at radius 2 is 1.89 bits per heavy atom. The van der Waals surface area contributed by atoms with E-state index in [0.29, 0.717) is 17.4 Å². The number of aromatic nitrogens is 2. The van der Waals surface area contributed by atoms with Gasteiger partial charge < -0.3 is 15.0 Å². The molecule has 0 saturated carbocycles. The number of carbonyl (C=O) groups excluding carboxylic acids is 1. The summed E-state index contributed by atoms with van der Waals surface area (Å²) in [7, 11) is 1.63. The molecule has 1 amide bonds. The fraction of sp³-hybridized carbons (Fsp3) is 0.273. The van der Waals surface area contributed by atoms with Gasteiger partial charge >= 0.3 is 0 Å². The first-order chi connectivity index (χ1) is 13.5. The van der Waals surface area contributed by atoms with E-state index >= 15 is 0 Å². The van der Waals surface area contributed by atoms with E-state index in [1.54, 1.807) is 13.2 Å². The summed E-state index contributed by atoms with van der Waals surface area (Å²) in [6.45, 7) is 7.35. The molecule has 0 spiro atoms. The van der Waals surface area contributed by atoms with Crippen LogP contribution in [0.4, 0.5) is 11.5 Å². The Bertz CT molecular complexity index is 932. The molecule has 2 N–H and O–H groups in total. The van der Waals surface area contributed by atoms with Gasteiger partial charge in [0.2, 0.25) is 0 Å². The van der Waals surface area contributed by atoms with Crippen molar-refractivity contribution in [2.75, 3.05) is 23.9 Å². The molecule has 6 nitrogen and oxygen atoms in total. The van der Waals surface area contributed by atoms with Gasteiger partial charge in [0.15, 0.2) is 5.82 Å². The van der Waals surface area contributed by atoms with Crippen molar-refractivity contribution in [3.05, 3.63) is 60.2 Å². The predicted octanol–water partition coefficient (Wildman–Crippen LogP) is 4.57. The predicted molar refractivity (Wildman–Crippen MR) is 113 cm³/mol. The molecule has 0 aliphatic heterocycles. The first kappa shape index (κ1) is 19.5. The quantitative estimate of drug-likeness (QED) is 0.632. The topological polar surface area (TPSA) is 70.2 Å². The third-order valence-electron chi connectivity index (χ3n) is 4.64. The van der Waals surface area contributed by atoms with Crippen molar-refractivity contribution >= 4 is 17.4 Å². The summed E-state index contributed by atoms with van der Waals surface area (Å²) >= 11 is 0. The fourth-order valence-electron chi connectivity index (χ4n) is 3.23. The molecule has 0 atom stereocenters. The average Bonchev–Trinajstić information content (AvgIpc) is 3.17.